The number of halogens is 6. The Labute approximate surface area is 160 Å². The third-order valence-electron chi connectivity index (χ3n) is 4.18. The Morgan fingerprint density at radius 1 is 0.931 bits per heavy atom. The summed E-state index contributed by atoms with van der Waals surface area (Å²) in [6.07, 6.45) is -4.98. The molecule has 9 heteroatoms. The SMILES string of the molecule is [C-]#[N+]c1c(C(F)(F)F)cc(-c2ccccc2)n(Cc2cc(F)c(F)cc2F)c1=O. The van der Waals surface area contributed by atoms with Crippen LogP contribution in [-0.4, -0.2) is 4.57 Å². The Hall–Kier alpha value is -3.54. The van der Waals surface area contributed by atoms with Crippen LogP contribution in [-0.2, 0) is 12.7 Å². The van der Waals surface area contributed by atoms with Crippen LogP contribution in [0.4, 0.5) is 32.0 Å². The second kappa shape index (κ2) is 7.47. The number of benzene rings is 2. The van der Waals surface area contributed by atoms with Crippen LogP contribution >= 0.6 is 0 Å². The van der Waals surface area contributed by atoms with Gasteiger partial charge in [-0.3, -0.25) is 4.79 Å². The Kier molecular flexibility index (Phi) is 5.20. The van der Waals surface area contributed by atoms with Gasteiger partial charge in [-0.15, -0.1) is 0 Å². The fraction of sp³-hybridized carbons (Fsp3) is 0.100. The molecule has 0 saturated carbocycles. The van der Waals surface area contributed by atoms with Gasteiger partial charge in [0.2, 0.25) is 0 Å². The van der Waals surface area contributed by atoms with Crippen molar-refractivity contribution in [3.05, 3.63) is 98.9 Å². The summed E-state index contributed by atoms with van der Waals surface area (Å²) in [6, 6.07) is 8.87. The minimum atomic E-state index is -4.98. The molecule has 0 bridgehead atoms. The van der Waals surface area contributed by atoms with E-state index < -0.39 is 52.5 Å². The van der Waals surface area contributed by atoms with Crippen molar-refractivity contribution in [2.75, 3.05) is 0 Å². The molecule has 0 saturated heterocycles. The first-order valence-corrected chi connectivity index (χ1v) is 8.04. The van der Waals surface area contributed by atoms with Crippen molar-refractivity contribution in [3.8, 4) is 11.3 Å². The second-order valence-corrected chi connectivity index (χ2v) is 6.02. The fourth-order valence-corrected chi connectivity index (χ4v) is 2.82. The quantitative estimate of drug-likeness (QED) is 0.317. The van der Waals surface area contributed by atoms with E-state index in [-0.39, 0.29) is 17.3 Å². The van der Waals surface area contributed by atoms with Gasteiger partial charge in [-0.25, -0.2) is 18.0 Å². The molecule has 0 N–H and O–H groups in total. The summed E-state index contributed by atoms with van der Waals surface area (Å²) in [5, 5.41) is 0. The van der Waals surface area contributed by atoms with Crippen molar-refractivity contribution in [1.82, 2.24) is 4.57 Å². The van der Waals surface area contributed by atoms with E-state index in [4.69, 9.17) is 6.57 Å². The molecule has 0 aliphatic carbocycles. The molecule has 0 radical (unpaired) electrons. The van der Waals surface area contributed by atoms with Crippen LogP contribution in [0.3, 0.4) is 0 Å². The van der Waals surface area contributed by atoms with E-state index in [9.17, 15) is 31.1 Å². The summed E-state index contributed by atoms with van der Waals surface area (Å²) < 4.78 is 81.7. The zero-order valence-corrected chi connectivity index (χ0v) is 14.4. The number of nitrogens with zero attached hydrogens (tertiary/aromatic N) is 2. The van der Waals surface area contributed by atoms with Crippen LogP contribution in [0, 0.1) is 24.0 Å². The predicted octanol–water partition coefficient (Wildman–Crippen LogP) is 5.55. The Morgan fingerprint density at radius 3 is 2.14 bits per heavy atom. The maximum absolute atomic E-state index is 14.1. The summed E-state index contributed by atoms with van der Waals surface area (Å²) in [5.74, 6) is -4.01. The summed E-state index contributed by atoms with van der Waals surface area (Å²) in [5.41, 5.74) is -4.47. The molecule has 2 aromatic carbocycles. The largest absolute Gasteiger partial charge is 0.407 e. The van der Waals surface area contributed by atoms with E-state index in [0.29, 0.717) is 12.1 Å². The van der Waals surface area contributed by atoms with Gasteiger partial charge in [-0.1, -0.05) is 30.3 Å². The molecule has 1 heterocycles. The molecule has 3 rings (SSSR count). The molecule has 0 unspecified atom stereocenters. The first kappa shape index (κ1) is 20.2. The monoisotopic (exact) mass is 408 g/mol. The number of alkyl halides is 3. The Bertz CT molecular complexity index is 1180. The fourth-order valence-electron chi connectivity index (χ4n) is 2.82. The van der Waals surface area contributed by atoms with E-state index in [1.807, 2.05) is 0 Å². The third-order valence-corrected chi connectivity index (χ3v) is 4.18. The molecule has 0 amide bonds. The summed E-state index contributed by atoms with van der Waals surface area (Å²) in [7, 11) is 0. The molecule has 0 atom stereocenters. The first-order valence-electron chi connectivity index (χ1n) is 8.04. The summed E-state index contributed by atoms with van der Waals surface area (Å²) >= 11 is 0. The molecule has 0 fully saturated rings. The van der Waals surface area contributed by atoms with Gasteiger partial charge in [-0.2, -0.15) is 13.2 Å². The smallest absolute Gasteiger partial charge is 0.313 e. The van der Waals surface area contributed by atoms with Gasteiger partial charge in [-0.05, 0) is 17.7 Å². The molecule has 1 aromatic heterocycles. The molecule has 3 aromatic rings. The third kappa shape index (κ3) is 3.87. The van der Waals surface area contributed by atoms with Gasteiger partial charge in [0.1, 0.15) is 5.82 Å². The average Bonchev–Trinajstić information content (AvgIpc) is 2.67. The van der Waals surface area contributed by atoms with Crippen LogP contribution in [0.2, 0.25) is 0 Å². The number of rotatable bonds is 3. The molecular formula is C20H10F6N2O. The highest BCUT2D eigenvalue weighted by molar-refractivity contribution is 5.66. The highest BCUT2D eigenvalue weighted by atomic mass is 19.4. The maximum atomic E-state index is 14.1. The van der Waals surface area contributed by atoms with Gasteiger partial charge in [0.15, 0.2) is 11.6 Å². The maximum Gasteiger partial charge on any atom is 0.407 e. The van der Waals surface area contributed by atoms with Crippen LogP contribution < -0.4 is 5.56 Å². The van der Waals surface area contributed by atoms with Crippen molar-refractivity contribution < 1.29 is 26.3 Å². The normalized spacial score (nSPS) is 11.3. The average molecular weight is 408 g/mol. The number of aromatic nitrogens is 1. The van der Waals surface area contributed by atoms with Crippen molar-refractivity contribution in [2.45, 2.75) is 12.7 Å². The highest BCUT2D eigenvalue weighted by Crippen LogP contribution is 2.37. The Morgan fingerprint density at radius 2 is 1.55 bits per heavy atom. The van der Waals surface area contributed by atoms with Crippen molar-refractivity contribution >= 4 is 5.69 Å². The van der Waals surface area contributed by atoms with Crippen LogP contribution in [0.1, 0.15) is 11.1 Å². The molecule has 148 valence electrons. The van der Waals surface area contributed by atoms with E-state index in [1.165, 1.54) is 24.3 Å². The molecule has 29 heavy (non-hydrogen) atoms. The molecular weight excluding hydrogens is 398 g/mol. The van der Waals surface area contributed by atoms with Crippen molar-refractivity contribution in [2.24, 2.45) is 0 Å². The number of pyridine rings is 1. The van der Waals surface area contributed by atoms with Crippen LogP contribution in [0.15, 0.2) is 53.3 Å². The highest BCUT2D eigenvalue weighted by Gasteiger charge is 2.36. The second-order valence-electron chi connectivity index (χ2n) is 6.02. The van der Waals surface area contributed by atoms with Crippen LogP contribution in [0.25, 0.3) is 16.1 Å². The van der Waals surface area contributed by atoms with Gasteiger partial charge < -0.3 is 4.57 Å². The van der Waals surface area contributed by atoms with Crippen molar-refractivity contribution in [1.29, 1.82) is 0 Å². The lowest BCUT2D eigenvalue weighted by atomic mass is 10.1. The molecule has 0 aliphatic rings. The zero-order chi connectivity index (χ0) is 21.3. The molecule has 0 spiro atoms. The first-order chi connectivity index (χ1) is 13.6. The lowest BCUT2D eigenvalue weighted by molar-refractivity contribution is -0.136. The van der Waals surface area contributed by atoms with E-state index in [1.54, 1.807) is 6.07 Å². The minimum absolute atomic E-state index is 0.189. The summed E-state index contributed by atoms with van der Waals surface area (Å²) in [4.78, 5) is 15.4. The van der Waals surface area contributed by atoms with Gasteiger partial charge in [0.05, 0.1) is 18.7 Å². The van der Waals surface area contributed by atoms with E-state index in [2.05, 4.69) is 4.85 Å². The number of hydrogen-bond donors (Lipinski definition) is 0. The van der Waals surface area contributed by atoms with Gasteiger partial charge in [0.25, 0.3) is 11.2 Å². The number of hydrogen-bond acceptors (Lipinski definition) is 1. The minimum Gasteiger partial charge on any atom is -0.313 e. The van der Waals surface area contributed by atoms with Gasteiger partial charge in [0, 0.05) is 17.3 Å². The van der Waals surface area contributed by atoms with Gasteiger partial charge >= 0.3 is 6.18 Å². The lowest BCUT2D eigenvalue weighted by Crippen LogP contribution is -2.25. The lowest BCUT2D eigenvalue weighted by Gasteiger charge is -2.18. The predicted molar refractivity (Wildman–Crippen MR) is 92.8 cm³/mol. The molecule has 0 aliphatic heterocycles. The summed E-state index contributed by atoms with van der Waals surface area (Å²) in [6.45, 7) is 6.29. The van der Waals surface area contributed by atoms with E-state index >= 15 is 0 Å². The van der Waals surface area contributed by atoms with Crippen molar-refractivity contribution in [3.63, 3.8) is 0 Å². The topological polar surface area (TPSA) is 26.4 Å². The zero-order valence-electron chi connectivity index (χ0n) is 14.4. The Balaban J connectivity index is 2.32. The van der Waals surface area contributed by atoms with Crippen LogP contribution in [0.5, 0.6) is 0 Å². The van der Waals surface area contributed by atoms with E-state index in [0.717, 1.165) is 4.57 Å². The molecule has 3 nitrogen and oxygen atoms in total. The standard InChI is InChI=1S/C20H10F6N2O/c1-27-18-13(20(24,25)26)8-17(11-5-3-2-4-6-11)28(19(18)29)10-12-7-15(22)16(23)9-14(12)21/h2-9H,10H2.